The van der Waals surface area contributed by atoms with E-state index in [1.165, 1.54) is 27.0 Å². The van der Waals surface area contributed by atoms with Gasteiger partial charge in [-0.25, -0.2) is 9.59 Å². The molecule has 0 aromatic heterocycles. The van der Waals surface area contributed by atoms with E-state index in [0.717, 1.165) is 36.3 Å². The third kappa shape index (κ3) is 7.40. The van der Waals surface area contributed by atoms with E-state index in [-0.39, 0.29) is 11.1 Å². The normalized spacial score (nSPS) is 10.9. The molecule has 0 saturated carbocycles. The summed E-state index contributed by atoms with van der Waals surface area (Å²) < 4.78 is 0. The van der Waals surface area contributed by atoms with E-state index >= 15 is 0 Å². The van der Waals surface area contributed by atoms with Crippen LogP contribution in [-0.2, 0) is 12.8 Å². The summed E-state index contributed by atoms with van der Waals surface area (Å²) in [7, 11) is 0. The fraction of sp³-hybridized carbons (Fsp3) is 0.286. The van der Waals surface area contributed by atoms with Gasteiger partial charge in [-0.1, -0.05) is 41.5 Å². The van der Waals surface area contributed by atoms with Gasteiger partial charge in [0.1, 0.15) is 0 Å². The number of carboxylic acid groups (broad SMARTS) is 2. The highest BCUT2D eigenvalue weighted by Gasteiger charge is 2.22. The minimum atomic E-state index is -1.20. The molecule has 34 heavy (non-hydrogen) atoms. The van der Waals surface area contributed by atoms with Gasteiger partial charge in [0.15, 0.2) is 0 Å². The minimum Gasteiger partial charge on any atom is -0.478 e. The van der Waals surface area contributed by atoms with E-state index in [2.05, 4.69) is 50.2 Å². The van der Waals surface area contributed by atoms with Gasteiger partial charge in [0.2, 0.25) is 0 Å². The van der Waals surface area contributed by atoms with Gasteiger partial charge in [-0.2, -0.15) is 0 Å². The number of rotatable bonds is 12. The van der Waals surface area contributed by atoms with Crippen LogP contribution in [0.15, 0.2) is 70.5 Å². The van der Waals surface area contributed by atoms with Crippen LogP contribution in [0.25, 0.3) is 0 Å². The lowest BCUT2D eigenvalue weighted by atomic mass is 9.91. The summed E-state index contributed by atoms with van der Waals surface area (Å²) in [5.74, 6) is -0.624. The van der Waals surface area contributed by atoms with Crippen molar-refractivity contribution in [3.63, 3.8) is 0 Å². The molecule has 3 aromatic rings. The molecule has 0 aliphatic rings. The zero-order valence-corrected chi connectivity index (χ0v) is 21.2. The van der Waals surface area contributed by atoms with Crippen LogP contribution in [0, 0.1) is 13.8 Å². The Kier molecular flexibility index (Phi) is 9.66. The predicted octanol–water partition coefficient (Wildman–Crippen LogP) is 7.15. The standard InChI is InChI=1S/C28H30O4S2/c1-19-7-3-10-22(17-19)33-15-5-9-21-13-14-25(27(29)30)26(28(31)32)24(21)12-6-16-34-23-11-4-8-20(2)18-23/h3-4,7-8,10-11,13-14,17-18H,5-6,9,12,15-16H2,1-2H3,(H,29,30)(H,31,32). The van der Waals surface area contributed by atoms with Crippen molar-refractivity contribution >= 4 is 35.5 Å². The summed E-state index contributed by atoms with van der Waals surface area (Å²) >= 11 is 3.52. The van der Waals surface area contributed by atoms with Crippen molar-refractivity contribution in [2.45, 2.75) is 49.3 Å². The number of thioether (sulfide) groups is 2. The number of hydrogen-bond acceptors (Lipinski definition) is 4. The van der Waals surface area contributed by atoms with Crippen molar-refractivity contribution in [3.05, 3.63) is 94.0 Å². The van der Waals surface area contributed by atoms with Crippen LogP contribution in [0.3, 0.4) is 0 Å². The second-order valence-electron chi connectivity index (χ2n) is 8.27. The van der Waals surface area contributed by atoms with Gasteiger partial charge in [0.05, 0.1) is 11.1 Å². The number of benzene rings is 3. The summed E-state index contributed by atoms with van der Waals surface area (Å²) in [6, 6.07) is 19.9. The Labute approximate surface area is 209 Å². The van der Waals surface area contributed by atoms with Crippen molar-refractivity contribution in [1.29, 1.82) is 0 Å². The van der Waals surface area contributed by atoms with Gasteiger partial charge < -0.3 is 10.2 Å². The van der Waals surface area contributed by atoms with Gasteiger partial charge in [0.25, 0.3) is 0 Å². The molecular weight excluding hydrogens is 464 g/mol. The Morgan fingerprint density at radius 3 is 1.79 bits per heavy atom. The summed E-state index contributed by atoms with van der Waals surface area (Å²) in [5, 5.41) is 19.4. The maximum atomic E-state index is 12.1. The summed E-state index contributed by atoms with van der Waals surface area (Å²) in [6.45, 7) is 4.13. The second kappa shape index (κ2) is 12.7. The largest absolute Gasteiger partial charge is 0.478 e. The highest BCUT2D eigenvalue weighted by atomic mass is 32.2. The van der Waals surface area contributed by atoms with Crippen LogP contribution >= 0.6 is 23.5 Å². The first-order valence-electron chi connectivity index (χ1n) is 11.4. The molecule has 0 spiro atoms. The van der Waals surface area contributed by atoms with Crippen LogP contribution in [0.2, 0.25) is 0 Å². The van der Waals surface area contributed by atoms with Crippen LogP contribution in [0.4, 0.5) is 0 Å². The van der Waals surface area contributed by atoms with Crippen LogP contribution < -0.4 is 0 Å². The molecule has 0 fully saturated rings. The molecule has 0 heterocycles. The third-order valence-corrected chi connectivity index (χ3v) is 7.69. The fourth-order valence-corrected chi connectivity index (χ4v) is 5.87. The average molecular weight is 495 g/mol. The maximum Gasteiger partial charge on any atom is 0.336 e. The van der Waals surface area contributed by atoms with Crippen molar-refractivity contribution in [2.75, 3.05) is 11.5 Å². The van der Waals surface area contributed by atoms with E-state index in [1.807, 2.05) is 12.1 Å². The lowest BCUT2D eigenvalue weighted by Gasteiger charge is -2.15. The summed E-state index contributed by atoms with van der Waals surface area (Å²) in [4.78, 5) is 26.2. The molecule has 0 aliphatic heterocycles. The van der Waals surface area contributed by atoms with E-state index in [1.54, 1.807) is 29.6 Å². The zero-order valence-electron chi connectivity index (χ0n) is 19.5. The van der Waals surface area contributed by atoms with Gasteiger partial charge in [-0.3, -0.25) is 0 Å². The van der Waals surface area contributed by atoms with Gasteiger partial charge in [0, 0.05) is 9.79 Å². The molecule has 3 aromatic carbocycles. The molecule has 178 valence electrons. The number of hydrogen-bond donors (Lipinski definition) is 2. The first-order chi connectivity index (χ1) is 16.3. The zero-order chi connectivity index (χ0) is 24.5. The monoisotopic (exact) mass is 494 g/mol. The molecule has 0 bridgehead atoms. The molecule has 4 nitrogen and oxygen atoms in total. The number of aryl methyl sites for hydroxylation is 3. The molecule has 3 rings (SSSR count). The Hall–Kier alpha value is -2.70. The molecule has 0 aliphatic carbocycles. The fourth-order valence-electron chi connectivity index (χ4n) is 3.94. The smallest absolute Gasteiger partial charge is 0.336 e. The average Bonchev–Trinajstić information content (AvgIpc) is 2.79. The molecule has 0 radical (unpaired) electrons. The van der Waals surface area contributed by atoms with Crippen molar-refractivity contribution < 1.29 is 19.8 Å². The lowest BCUT2D eigenvalue weighted by Crippen LogP contribution is -2.14. The maximum absolute atomic E-state index is 12.1. The van der Waals surface area contributed by atoms with E-state index in [0.29, 0.717) is 12.0 Å². The molecule has 0 unspecified atom stereocenters. The molecule has 0 amide bonds. The van der Waals surface area contributed by atoms with Crippen LogP contribution in [0.1, 0.15) is 55.8 Å². The van der Waals surface area contributed by atoms with E-state index in [4.69, 9.17) is 0 Å². The van der Waals surface area contributed by atoms with Gasteiger partial charge in [-0.15, -0.1) is 23.5 Å². The Bertz CT molecular complexity index is 1160. The quantitative estimate of drug-likeness (QED) is 0.206. The van der Waals surface area contributed by atoms with Crippen molar-refractivity contribution in [2.24, 2.45) is 0 Å². The molecule has 0 atom stereocenters. The molecular formula is C28H30O4S2. The number of aromatic carboxylic acids is 2. The molecule has 6 heteroatoms. The highest BCUT2D eigenvalue weighted by molar-refractivity contribution is 7.99. The highest BCUT2D eigenvalue weighted by Crippen LogP contribution is 2.27. The van der Waals surface area contributed by atoms with E-state index in [9.17, 15) is 19.8 Å². The first kappa shape index (κ1) is 25.9. The topological polar surface area (TPSA) is 74.6 Å². The van der Waals surface area contributed by atoms with Crippen molar-refractivity contribution in [1.82, 2.24) is 0 Å². The van der Waals surface area contributed by atoms with Crippen molar-refractivity contribution in [3.8, 4) is 0 Å². The molecule has 2 N–H and O–H groups in total. The first-order valence-corrected chi connectivity index (χ1v) is 13.3. The number of carbonyl (C=O) groups is 2. The minimum absolute atomic E-state index is 0.0584. The third-order valence-electron chi connectivity index (χ3n) is 5.53. The Balaban J connectivity index is 1.70. The summed E-state index contributed by atoms with van der Waals surface area (Å²) in [6.07, 6.45) is 2.92. The Morgan fingerprint density at radius 1 is 0.735 bits per heavy atom. The SMILES string of the molecule is Cc1cccc(SCCCc2ccc(C(=O)O)c(C(=O)O)c2CCCSc2cccc(C)c2)c1. The van der Waals surface area contributed by atoms with Gasteiger partial charge >= 0.3 is 11.9 Å². The lowest BCUT2D eigenvalue weighted by molar-refractivity contribution is 0.0650. The molecule has 0 saturated heterocycles. The summed E-state index contributed by atoms with van der Waals surface area (Å²) in [5.41, 5.74) is 3.85. The second-order valence-corrected chi connectivity index (χ2v) is 10.6. The Morgan fingerprint density at radius 2 is 1.29 bits per heavy atom. The van der Waals surface area contributed by atoms with Gasteiger partial charge in [-0.05, 0) is 92.5 Å². The predicted molar refractivity (Wildman–Crippen MR) is 141 cm³/mol. The van der Waals surface area contributed by atoms with Crippen LogP contribution in [-0.4, -0.2) is 33.7 Å². The van der Waals surface area contributed by atoms with E-state index < -0.39 is 11.9 Å². The van der Waals surface area contributed by atoms with Crippen LogP contribution in [0.5, 0.6) is 0 Å². The number of carboxylic acids is 2.